The number of pyridine rings is 1. The second-order valence-corrected chi connectivity index (χ2v) is 6.45. The molecule has 0 radical (unpaired) electrons. The Hall–Kier alpha value is -2.80. The van der Waals surface area contributed by atoms with Gasteiger partial charge in [0.05, 0.1) is 5.56 Å². The van der Waals surface area contributed by atoms with Crippen LogP contribution in [0, 0.1) is 11.7 Å². The van der Waals surface area contributed by atoms with Crippen LogP contribution in [0.1, 0.15) is 33.7 Å². The molecule has 1 fully saturated rings. The fourth-order valence-corrected chi connectivity index (χ4v) is 3.23. The molecule has 2 heterocycles. The van der Waals surface area contributed by atoms with Crippen molar-refractivity contribution in [1.82, 2.24) is 9.88 Å². The smallest absolute Gasteiger partial charge is 0.257 e. The van der Waals surface area contributed by atoms with Crippen molar-refractivity contribution in [3.8, 4) is 5.75 Å². The second kappa shape index (κ2) is 8.73. The Balaban J connectivity index is 1.77. The molecule has 2 N–H and O–H groups in total. The van der Waals surface area contributed by atoms with Crippen LogP contribution in [-0.2, 0) is 0 Å². The number of ether oxygens (including phenoxy) is 1. The summed E-state index contributed by atoms with van der Waals surface area (Å²) in [6, 6.07) is 9.03. The molecule has 1 aliphatic rings. The van der Waals surface area contributed by atoms with E-state index in [0.29, 0.717) is 30.8 Å². The molecule has 1 aromatic heterocycles. The second-order valence-electron chi connectivity index (χ2n) is 6.45. The number of benzene rings is 1. The first-order chi connectivity index (χ1) is 13.1. The summed E-state index contributed by atoms with van der Waals surface area (Å²) in [6.45, 7) is 1.31. The molecule has 0 unspecified atom stereocenters. The number of Topliss-reactive ketones (excluding diaryl/α,β-unsaturated/α-hetero) is 1. The van der Waals surface area contributed by atoms with E-state index in [9.17, 15) is 14.0 Å². The maximum absolute atomic E-state index is 13.7. The third-order valence-corrected chi connectivity index (χ3v) is 4.54. The molecule has 1 aromatic carbocycles. The topological polar surface area (TPSA) is 85.5 Å². The Kier molecular flexibility index (Phi) is 6.13. The number of rotatable bonds is 6. The standard InChI is InChI=1S/C20H22FN3O3/c21-15-6-7-18(27-11-8-22)16(12-15)20(26)24-10-3-4-14(13-24)19(25)17-5-1-2-9-23-17/h1-2,5-7,9,12,14H,3-4,8,10-11,13,22H2/t14-/m1/s1. The minimum absolute atomic E-state index is 0.0769. The molecule has 0 spiro atoms. The zero-order valence-corrected chi connectivity index (χ0v) is 14.9. The monoisotopic (exact) mass is 371 g/mol. The number of hydrogen-bond donors (Lipinski definition) is 1. The van der Waals surface area contributed by atoms with Crippen LogP contribution in [-0.4, -0.2) is 47.8 Å². The summed E-state index contributed by atoms with van der Waals surface area (Å²) in [5, 5.41) is 0. The average Bonchev–Trinajstić information content (AvgIpc) is 2.72. The Labute approximate surface area is 157 Å². The predicted molar refractivity (Wildman–Crippen MR) is 98.1 cm³/mol. The van der Waals surface area contributed by atoms with Crippen LogP contribution in [0.15, 0.2) is 42.6 Å². The first kappa shape index (κ1) is 19.0. The number of likely N-dealkylation sites (tertiary alicyclic amines) is 1. The summed E-state index contributed by atoms with van der Waals surface area (Å²) in [4.78, 5) is 31.3. The molecule has 1 amide bonds. The molecular weight excluding hydrogens is 349 g/mol. The van der Waals surface area contributed by atoms with Gasteiger partial charge in [-0.1, -0.05) is 6.07 Å². The average molecular weight is 371 g/mol. The summed E-state index contributed by atoms with van der Waals surface area (Å²) in [7, 11) is 0. The van der Waals surface area contributed by atoms with Crippen molar-refractivity contribution in [3.05, 3.63) is 59.7 Å². The summed E-state index contributed by atoms with van der Waals surface area (Å²) >= 11 is 0. The van der Waals surface area contributed by atoms with E-state index < -0.39 is 5.82 Å². The zero-order chi connectivity index (χ0) is 19.2. The number of hydrogen-bond acceptors (Lipinski definition) is 5. The largest absolute Gasteiger partial charge is 0.491 e. The molecule has 27 heavy (non-hydrogen) atoms. The molecule has 6 nitrogen and oxygen atoms in total. The number of halogens is 1. The van der Waals surface area contributed by atoms with Gasteiger partial charge >= 0.3 is 0 Å². The van der Waals surface area contributed by atoms with E-state index in [0.717, 1.165) is 0 Å². The Morgan fingerprint density at radius 2 is 2.15 bits per heavy atom. The number of piperidine rings is 1. The van der Waals surface area contributed by atoms with Gasteiger partial charge in [0.15, 0.2) is 5.78 Å². The van der Waals surface area contributed by atoms with Crippen LogP contribution in [0.25, 0.3) is 0 Å². The molecule has 0 saturated carbocycles. The summed E-state index contributed by atoms with van der Waals surface area (Å²) in [5.41, 5.74) is 5.99. The third kappa shape index (κ3) is 4.49. The van der Waals surface area contributed by atoms with Crippen molar-refractivity contribution >= 4 is 11.7 Å². The summed E-state index contributed by atoms with van der Waals surface area (Å²) < 4.78 is 19.2. The van der Waals surface area contributed by atoms with E-state index in [2.05, 4.69) is 4.98 Å². The molecule has 2 aromatic rings. The van der Waals surface area contributed by atoms with E-state index in [1.165, 1.54) is 18.2 Å². The molecule has 7 heteroatoms. The number of carbonyl (C=O) groups is 2. The van der Waals surface area contributed by atoms with Gasteiger partial charge in [-0.15, -0.1) is 0 Å². The van der Waals surface area contributed by atoms with Crippen molar-refractivity contribution < 1.29 is 18.7 Å². The van der Waals surface area contributed by atoms with Gasteiger partial charge in [0.2, 0.25) is 0 Å². The van der Waals surface area contributed by atoms with Crippen molar-refractivity contribution in [1.29, 1.82) is 0 Å². The molecule has 3 rings (SSSR count). The molecule has 1 saturated heterocycles. The lowest BCUT2D eigenvalue weighted by Crippen LogP contribution is -2.42. The minimum atomic E-state index is -0.517. The van der Waals surface area contributed by atoms with Gasteiger partial charge in [0, 0.05) is 31.7 Å². The Bertz CT molecular complexity index is 813. The number of nitrogens with two attached hydrogens (primary N) is 1. The molecule has 1 aliphatic heterocycles. The van der Waals surface area contributed by atoms with Gasteiger partial charge in [-0.3, -0.25) is 14.6 Å². The van der Waals surface area contributed by atoms with Crippen LogP contribution in [0.3, 0.4) is 0 Å². The Morgan fingerprint density at radius 3 is 2.89 bits per heavy atom. The lowest BCUT2D eigenvalue weighted by atomic mass is 9.91. The highest BCUT2D eigenvalue weighted by molar-refractivity contribution is 5.99. The highest BCUT2D eigenvalue weighted by Crippen LogP contribution is 2.26. The molecule has 0 bridgehead atoms. The maximum atomic E-state index is 13.7. The number of amides is 1. The quantitative estimate of drug-likeness (QED) is 0.788. The van der Waals surface area contributed by atoms with E-state index in [-0.39, 0.29) is 42.9 Å². The first-order valence-electron chi connectivity index (χ1n) is 8.97. The number of ketones is 1. The van der Waals surface area contributed by atoms with Gasteiger partial charge in [0.25, 0.3) is 5.91 Å². The van der Waals surface area contributed by atoms with E-state index >= 15 is 0 Å². The lowest BCUT2D eigenvalue weighted by Gasteiger charge is -2.32. The number of nitrogens with zero attached hydrogens (tertiary/aromatic N) is 2. The van der Waals surface area contributed by atoms with Gasteiger partial charge < -0.3 is 15.4 Å². The molecule has 142 valence electrons. The highest BCUT2D eigenvalue weighted by Gasteiger charge is 2.31. The van der Waals surface area contributed by atoms with Crippen molar-refractivity contribution in [2.45, 2.75) is 12.8 Å². The van der Waals surface area contributed by atoms with Crippen LogP contribution in [0.4, 0.5) is 4.39 Å². The fourth-order valence-electron chi connectivity index (χ4n) is 3.23. The number of aromatic nitrogens is 1. The Morgan fingerprint density at radius 1 is 1.30 bits per heavy atom. The predicted octanol–water partition coefficient (Wildman–Crippen LogP) is 2.29. The molecule has 1 atom stereocenters. The van der Waals surface area contributed by atoms with Crippen LogP contribution < -0.4 is 10.5 Å². The summed E-state index contributed by atoms with van der Waals surface area (Å²) in [5.74, 6) is -0.965. The van der Waals surface area contributed by atoms with E-state index in [1.54, 1.807) is 29.3 Å². The highest BCUT2D eigenvalue weighted by atomic mass is 19.1. The van der Waals surface area contributed by atoms with E-state index in [4.69, 9.17) is 10.5 Å². The van der Waals surface area contributed by atoms with Crippen molar-refractivity contribution in [2.24, 2.45) is 11.7 Å². The van der Waals surface area contributed by atoms with Gasteiger partial charge in [-0.05, 0) is 43.2 Å². The fraction of sp³-hybridized carbons (Fsp3) is 0.350. The first-order valence-corrected chi connectivity index (χ1v) is 8.97. The number of carbonyl (C=O) groups excluding carboxylic acids is 2. The van der Waals surface area contributed by atoms with Crippen LogP contribution in [0.2, 0.25) is 0 Å². The van der Waals surface area contributed by atoms with Crippen molar-refractivity contribution in [3.63, 3.8) is 0 Å². The zero-order valence-electron chi connectivity index (χ0n) is 14.9. The molecule has 0 aliphatic carbocycles. The normalized spacial score (nSPS) is 16.8. The third-order valence-electron chi connectivity index (χ3n) is 4.54. The SMILES string of the molecule is NCCOc1ccc(F)cc1C(=O)N1CCC[C@@H](C(=O)c2ccccn2)C1. The van der Waals surface area contributed by atoms with Gasteiger partial charge in [0.1, 0.15) is 23.9 Å². The van der Waals surface area contributed by atoms with Crippen molar-refractivity contribution in [2.75, 3.05) is 26.2 Å². The van der Waals surface area contributed by atoms with E-state index in [1.807, 2.05) is 0 Å². The van der Waals surface area contributed by atoms with Crippen LogP contribution >= 0.6 is 0 Å². The van der Waals surface area contributed by atoms with Crippen LogP contribution in [0.5, 0.6) is 5.75 Å². The lowest BCUT2D eigenvalue weighted by molar-refractivity contribution is 0.0631. The minimum Gasteiger partial charge on any atom is -0.491 e. The summed E-state index contributed by atoms with van der Waals surface area (Å²) in [6.07, 6.45) is 2.97. The van der Waals surface area contributed by atoms with Gasteiger partial charge in [-0.25, -0.2) is 4.39 Å². The van der Waals surface area contributed by atoms with Gasteiger partial charge in [-0.2, -0.15) is 0 Å². The molecular formula is C20H22FN3O3. The maximum Gasteiger partial charge on any atom is 0.257 e.